The Morgan fingerprint density at radius 3 is 1.83 bits per heavy atom. The minimum atomic E-state index is -1.04. The van der Waals surface area contributed by atoms with Crippen LogP contribution in [0.1, 0.15) is 58.6 Å². The van der Waals surface area contributed by atoms with Crippen LogP contribution >= 0.6 is 0 Å². The van der Waals surface area contributed by atoms with Crippen LogP contribution < -0.4 is 21.7 Å². The van der Waals surface area contributed by atoms with Crippen molar-refractivity contribution >= 4 is 23.8 Å². The molecule has 230 valence electrons. The molecule has 10 nitrogen and oxygen atoms in total. The molecule has 2 aromatic rings. The number of nitrogens with one attached hydrogen (secondary N) is 3. The van der Waals surface area contributed by atoms with Crippen molar-refractivity contribution in [3.05, 3.63) is 71.8 Å². The Balaban J connectivity index is 2.16. The van der Waals surface area contributed by atoms with Gasteiger partial charge in [0, 0.05) is 18.9 Å². The molecule has 2 rings (SSSR count). The number of carbonyl (C=O) groups excluding carboxylic acids is 4. The number of amides is 4. The minimum absolute atomic E-state index is 0.0322. The van der Waals surface area contributed by atoms with Gasteiger partial charge in [-0.1, -0.05) is 74.5 Å². The molecule has 0 spiro atoms. The van der Waals surface area contributed by atoms with Crippen molar-refractivity contribution in [1.82, 2.24) is 16.0 Å². The van der Waals surface area contributed by atoms with E-state index in [2.05, 4.69) is 16.0 Å². The topological polar surface area (TPSA) is 160 Å². The normalized spacial score (nSPS) is 14.3. The highest BCUT2D eigenvalue weighted by Crippen LogP contribution is 2.17. The Labute approximate surface area is 248 Å². The van der Waals surface area contributed by atoms with Crippen LogP contribution in [-0.2, 0) is 32.0 Å². The number of hydrogen-bond donors (Lipinski definition) is 5. The van der Waals surface area contributed by atoms with E-state index < -0.39 is 53.5 Å². The molecule has 6 N–H and O–H groups in total. The minimum Gasteiger partial charge on any atom is -0.444 e. The number of carbonyl (C=O) groups is 4. The lowest BCUT2D eigenvalue weighted by Crippen LogP contribution is -2.55. The third-order valence-electron chi connectivity index (χ3n) is 6.42. The Kier molecular flexibility index (Phi) is 13.5. The van der Waals surface area contributed by atoms with E-state index in [0.29, 0.717) is 12.8 Å². The monoisotopic (exact) mass is 582 g/mol. The first-order valence-corrected chi connectivity index (χ1v) is 14.4. The van der Waals surface area contributed by atoms with E-state index in [4.69, 9.17) is 10.5 Å². The number of ether oxygens (including phenoxy) is 1. The molecule has 0 unspecified atom stereocenters. The molecule has 0 bridgehead atoms. The first kappa shape index (κ1) is 34.3. The Bertz CT molecular complexity index is 1150. The van der Waals surface area contributed by atoms with Gasteiger partial charge in [-0.25, -0.2) is 4.79 Å². The SMILES string of the molecule is CC(C)C[C@H](NC(=O)[C@@H](Cc1ccccc1)C[C@@H](O)CNC(=O)OC(C)(C)C)C(=O)N[C@@H](Cc1ccccc1)C(N)=O. The molecule has 10 heteroatoms. The van der Waals surface area contributed by atoms with Gasteiger partial charge in [-0.05, 0) is 57.1 Å². The molecule has 0 fully saturated rings. The average Bonchev–Trinajstić information content (AvgIpc) is 2.90. The first-order chi connectivity index (χ1) is 19.7. The van der Waals surface area contributed by atoms with Gasteiger partial charge < -0.3 is 31.5 Å². The highest BCUT2D eigenvalue weighted by Gasteiger charge is 2.30. The fourth-order valence-corrected chi connectivity index (χ4v) is 4.45. The zero-order valence-electron chi connectivity index (χ0n) is 25.3. The molecule has 0 radical (unpaired) electrons. The number of aliphatic hydroxyl groups excluding tert-OH is 1. The predicted molar refractivity (Wildman–Crippen MR) is 161 cm³/mol. The summed E-state index contributed by atoms with van der Waals surface area (Å²) in [5.74, 6) is -2.26. The fourth-order valence-electron chi connectivity index (χ4n) is 4.45. The van der Waals surface area contributed by atoms with Crippen molar-refractivity contribution in [2.24, 2.45) is 17.6 Å². The summed E-state index contributed by atoms with van der Waals surface area (Å²) in [6, 6.07) is 16.7. The van der Waals surface area contributed by atoms with Crippen molar-refractivity contribution in [2.45, 2.75) is 84.1 Å². The standard InChI is InChI=1S/C32H46N4O6/c1-21(2)16-27(30(40)35-26(28(33)38)18-23-14-10-7-11-15-23)36-29(39)24(17-22-12-8-6-9-13-22)19-25(37)20-34-31(41)42-32(3,4)5/h6-15,21,24-27,37H,16-20H2,1-5H3,(H2,33,38)(H,34,41)(H,35,40)(H,36,39)/t24-,25+,26-,27-/m0/s1. The maximum Gasteiger partial charge on any atom is 0.407 e. The highest BCUT2D eigenvalue weighted by atomic mass is 16.6. The third kappa shape index (κ3) is 13.2. The zero-order chi connectivity index (χ0) is 31.3. The number of hydrogen-bond acceptors (Lipinski definition) is 6. The summed E-state index contributed by atoms with van der Waals surface area (Å²) < 4.78 is 5.22. The van der Waals surface area contributed by atoms with E-state index >= 15 is 0 Å². The van der Waals surface area contributed by atoms with Gasteiger partial charge in [-0.3, -0.25) is 14.4 Å². The number of alkyl carbamates (subject to hydrolysis) is 1. The van der Waals surface area contributed by atoms with Crippen molar-refractivity contribution in [2.75, 3.05) is 6.54 Å². The van der Waals surface area contributed by atoms with E-state index in [1.807, 2.05) is 74.5 Å². The maximum atomic E-state index is 13.6. The van der Waals surface area contributed by atoms with Crippen molar-refractivity contribution in [3.63, 3.8) is 0 Å². The molecule has 0 aliphatic heterocycles. The van der Waals surface area contributed by atoms with Crippen LogP contribution in [0.5, 0.6) is 0 Å². The summed E-state index contributed by atoms with van der Waals surface area (Å²) in [7, 11) is 0. The predicted octanol–water partition coefficient (Wildman–Crippen LogP) is 2.86. The lowest BCUT2D eigenvalue weighted by atomic mass is 9.91. The Hall–Kier alpha value is -3.92. The van der Waals surface area contributed by atoms with Gasteiger partial charge in [-0.2, -0.15) is 0 Å². The van der Waals surface area contributed by atoms with Crippen LogP contribution in [0.2, 0.25) is 0 Å². The van der Waals surface area contributed by atoms with Gasteiger partial charge in [0.05, 0.1) is 6.10 Å². The highest BCUT2D eigenvalue weighted by molar-refractivity contribution is 5.92. The smallest absolute Gasteiger partial charge is 0.407 e. The summed E-state index contributed by atoms with van der Waals surface area (Å²) >= 11 is 0. The molecule has 42 heavy (non-hydrogen) atoms. The third-order valence-corrected chi connectivity index (χ3v) is 6.42. The van der Waals surface area contributed by atoms with Crippen molar-refractivity contribution in [3.8, 4) is 0 Å². The van der Waals surface area contributed by atoms with Crippen LogP contribution in [0, 0.1) is 11.8 Å². The summed E-state index contributed by atoms with van der Waals surface area (Å²) in [4.78, 5) is 51.2. The second-order valence-electron chi connectivity index (χ2n) is 12.0. The number of nitrogens with two attached hydrogens (primary N) is 1. The Morgan fingerprint density at radius 2 is 1.33 bits per heavy atom. The number of benzene rings is 2. The second kappa shape index (κ2) is 16.5. The molecule has 2 aromatic carbocycles. The van der Waals surface area contributed by atoms with Crippen LogP contribution in [0.25, 0.3) is 0 Å². The van der Waals surface area contributed by atoms with Gasteiger partial charge in [-0.15, -0.1) is 0 Å². The molecule has 0 aliphatic carbocycles. The van der Waals surface area contributed by atoms with Crippen LogP contribution in [-0.4, -0.2) is 59.3 Å². The van der Waals surface area contributed by atoms with E-state index in [9.17, 15) is 24.3 Å². The summed E-state index contributed by atoms with van der Waals surface area (Å²) in [5.41, 5.74) is 6.63. The molecule has 0 aromatic heterocycles. The summed E-state index contributed by atoms with van der Waals surface area (Å²) in [6.07, 6.45) is -0.820. The second-order valence-corrected chi connectivity index (χ2v) is 12.0. The van der Waals surface area contributed by atoms with Gasteiger partial charge in [0.2, 0.25) is 17.7 Å². The molecule has 4 atom stereocenters. The van der Waals surface area contributed by atoms with Gasteiger partial charge in [0.15, 0.2) is 0 Å². The molecular formula is C32H46N4O6. The first-order valence-electron chi connectivity index (χ1n) is 14.4. The summed E-state index contributed by atoms with van der Waals surface area (Å²) in [5, 5.41) is 18.8. The van der Waals surface area contributed by atoms with Crippen molar-refractivity contribution in [1.29, 1.82) is 0 Å². The van der Waals surface area contributed by atoms with Crippen LogP contribution in [0.4, 0.5) is 4.79 Å². The van der Waals surface area contributed by atoms with Crippen molar-refractivity contribution < 1.29 is 29.0 Å². The molecule has 4 amide bonds. The molecular weight excluding hydrogens is 536 g/mol. The number of rotatable bonds is 15. The lowest BCUT2D eigenvalue weighted by Gasteiger charge is -2.26. The summed E-state index contributed by atoms with van der Waals surface area (Å²) in [6.45, 7) is 8.95. The largest absolute Gasteiger partial charge is 0.444 e. The van der Waals surface area contributed by atoms with E-state index in [1.54, 1.807) is 20.8 Å². The van der Waals surface area contributed by atoms with E-state index in [0.717, 1.165) is 11.1 Å². The van der Waals surface area contributed by atoms with E-state index in [1.165, 1.54) is 0 Å². The Morgan fingerprint density at radius 1 is 0.810 bits per heavy atom. The van der Waals surface area contributed by atoms with Gasteiger partial charge >= 0.3 is 6.09 Å². The van der Waals surface area contributed by atoms with E-state index in [-0.39, 0.29) is 25.3 Å². The quantitative estimate of drug-likeness (QED) is 0.217. The van der Waals surface area contributed by atoms with Gasteiger partial charge in [0.25, 0.3) is 0 Å². The fraction of sp³-hybridized carbons (Fsp3) is 0.500. The molecule has 0 heterocycles. The molecule has 0 saturated carbocycles. The number of primary amides is 1. The van der Waals surface area contributed by atoms with Gasteiger partial charge in [0.1, 0.15) is 17.7 Å². The van der Waals surface area contributed by atoms with Crippen LogP contribution in [0.3, 0.4) is 0 Å². The maximum absolute atomic E-state index is 13.6. The van der Waals surface area contributed by atoms with Crippen LogP contribution in [0.15, 0.2) is 60.7 Å². The zero-order valence-corrected chi connectivity index (χ0v) is 25.3. The number of aliphatic hydroxyl groups is 1. The lowest BCUT2D eigenvalue weighted by molar-refractivity contribution is -0.133. The molecule has 0 aliphatic rings. The molecule has 0 saturated heterocycles. The average molecular weight is 583 g/mol.